The summed E-state index contributed by atoms with van der Waals surface area (Å²) < 4.78 is 5.63. The molecular formula is C20H16S2. The lowest BCUT2D eigenvalue weighted by atomic mass is 10.1. The number of thiophene rings is 2. The van der Waals surface area contributed by atoms with Gasteiger partial charge in [-0.15, -0.1) is 35.8 Å². The van der Waals surface area contributed by atoms with E-state index < -0.39 is 0 Å². The van der Waals surface area contributed by atoms with Gasteiger partial charge < -0.3 is 0 Å². The molecule has 0 N–H and O–H groups in total. The molecule has 2 heteroatoms. The van der Waals surface area contributed by atoms with Crippen molar-refractivity contribution in [2.24, 2.45) is 0 Å². The maximum absolute atomic E-state index is 3.83. The Balaban J connectivity index is 1.96. The van der Waals surface area contributed by atoms with E-state index in [1.165, 1.54) is 40.7 Å². The van der Waals surface area contributed by atoms with Crippen LogP contribution in [0.1, 0.15) is 11.1 Å². The Hall–Kier alpha value is -1.90. The fraction of sp³-hybridized carbons (Fsp3) is 0.100. The highest BCUT2D eigenvalue weighted by molar-refractivity contribution is 7.36. The average molecular weight is 320 g/mol. The molecule has 0 amide bonds. The third-order valence-electron chi connectivity index (χ3n) is 3.97. The Morgan fingerprint density at radius 1 is 0.727 bits per heavy atom. The second-order valence-electron chi connectivity index (χ2n) is 5.51. The summed E-state index contributed by atoms with van der Waals surface area (Å²) in [6, 6.07) is 13.6. The van der Waals surface area contributed by atoms with Crippen LogP contribution in [0.25, 0.3) is 29.6 Å². The molecule has 4 rings (SSSR count). The number of hydrogen-bond acceptors (Lipinski definition) is 2. The summed E-state index contributed by atoms with van der Waals surface area (Å²) in [4.78, 5) is 0. The summed E-state index contributed by atoms with van der Waals surface area (Å²) in [6.07, 6.45) is 5.81. The van der Waals surface area contributed by atoms with Crippen molar-refractivity contribution in [3.8, 4) is 0 Å². The molecular weight excluding hydrogens is 304 g/mol. The molecule has 0 radical (unpaired) electrons. The van der Waals surface area contributed by atoms with Crippen LogP contribution in [-0.2, 0) is 12.8 Å². The van der Waals surface area contributed by atoms with E-state index in [4.69, 9.17) is 0 Å². The van der Waals surface area contributed by atoms with Crippen molar-refractivity contribution < 1.29 is 0 Å². The topological polar surface area (TPSA) is 0 Å². The molecule has 4 aromatic rings. The largest absolute Gasteiger partial charge is 0.134 e. The van der Waals surface area contributed by atoms with Gasteiger partial charge in [-0.3, -0.25) is 0 Å². The smallest absolute Gasteiger partial charge is 0.0542 e. The van der Waals surface area contributed by atoms with Gasteiger partial charge in [-0.05, 0) is 36.1 Å². The summed E-state index contributed by atoms with van der Waals surface area (Å²) in [5.41, 5.74) is 2.68. The summed E-state index contributed by atoms with van der Waals surface area (Å²) in [7, 11) is 0. The van der Waals surface area contributed by atoms with E-state index in [1.807, 2.05) is 34.8 Å². The van der Waals surface area contributed by atoms with E-state index in [2.05, 4.69) is 49.6 Å². The highest BCUT2D eigenvalue weighted by Crippen LogP contribution is 2.44. The van der Waals surface area contributed by atoms with Gasteiger partial charge in [-0.2, -0.15) is 0 Å². The van der Waals surface area contributed by atoms with Gasteiger partial charge >= 0.3 is 0 Å². The molecule has 0 aliphatic heterocycles. The SMILES string of the molecule is C=CCc1ccc2c(c1)sc1c3ccc(CC=C)cc3sc21. The van der Waals surface area contributed by atoms with Crippen LogP contribution in [0.15, 0.2) is 61.7 Å². The molecule has 0 aliphatic rings. The first kappa shape index (κ1) is 13.7. The standard InChI is InChI=1S/C20H16S2/c1-3-5-13-7-9-15-17(11-13)21-20-16-10-8-14(6-4-2)12-18(16)22-19(15)20/h3-4,7-12H,1-2,5-6H2. The highest BCUT2D eigenvalue weighted by atomic mass is 32.1. The number of allylic oxidation sites excluding steroid dienone is 2. The van der Waals surface area contributed by atoms with Crippen LogP contribution in [0, 0.1) is 0 Å². The van der Waals surface area contributed by atoms with Crippen molar-refractivity contribution in [2.75, 3.05) is 0 Å². The molecule has 0 atom stereocenters. The van der Waals surface area contributed by atoms with Gasteiger partial charge in [0, 0.05) is 20.2 Å². The summed E-state index contributed by atoms with van der Waals surface area (Å²) in [5, 5.41) is 2.78. The van der Waals surface area contributed by atoms with Gasteiger partial charge in [0.05, 0.1) is 9.40 Å². The zero-order valence-corrected chi connectivity index (χ0v) is 13.9. The lowest BCUT2D eigenvalue weighted by molar-refractivity contribution is 1.29. The van der Waals surface area contributed by atoms with Crippen LogP contribution in [-0.4, -0.2) is 0 Å². The molecule has 0 bridgehead atoms. The van der Waals surface area contributed by atoms with Crippen LogP contribution >= 0.6 is 22.7 Å². The third kappa shape index (κ3) is 2.11. The van der Waals surface area contributed by atoms with Crippen molar-refractivity contribution in [1.82, 2.24) is 0 Å². The molecule has 0 aliphatic carbocycles. The number of benzene rings is 2. The van der Waals surface area contributed by atoms with Crippen molar-refractivity contribution in [2.45, 2.75) is 12.8 Å². The van der Waals surface area contributed by atoms with Gasteiger partial charge in [0.2, 0.25) is 0 Å². The van der Waals surface area contributed by atoms with Crippen LogP contribution in [0.2, 0.25) is 0 Å². The second-order valence-corrected chi connectivity index (χ2v) is 7.61. The molecule has 0 spiro atoms. The minimum absolute atomic E-state index is 0.938. The van der Waals surface area contributed by atoms with Crippen LogP contribution in [0.3, 0.4) is 0 Å². The van der Waals surface area contributed by atoms with E-state index in [1.54, 1.807) is 0 Å². The normalized spacial score (nSPS) is 11.5. The monoisotopic (exact) mass is 320 g/mol. The molecule has 108 valence electrons. The maximum Gasteiger partial charge on any atom is 0.0542 e. The number of fused-ring (bicyclic) bond motifs is 5. The third-order valence-corrected chi connectivity index (χ3v) is 6.47. The summed E-state index contributed by atoms with van der Waals surface area (Å²) in [5.74, 6) is 0. The molecule has 0 saturated heterocycles. The molecule has 0 fully saturated rings. The number of rotatable bonds is 4. The molecule has 0 unspecified atom stereocenters. The Labute approximate surface area is 138 Å². The molecule has 2 heterocycles. The van der Waals surface area contributed by atoms with Gasteiger partial charge in [0.15, 0.2) is 0 Å². The Morgan fingerprint density at radius 3 is 1.59 bits per heavy atom. The second kappa shape index (κ2) is 5.38. The molecule has 0 saturated carbocycles. The van der Waals surface area contributed by atoms with Gasteiger partial charge in [-0.25, -0.2) is 0 Å². The van der Waals surface area contributed by atoms with E-state index in [0.717, 1.165) is 12.8 Å². The fourth-order valence-corrected chi connectivity index (χ4v) is 5.71. The molecule has 22 heavy (non-hydrogen) atoms. The molecule has 2 aromatic carbocycles. The van der Waals surface area contributed by atoms with Gasteiger partial charge in [-0.1, -0.05) is 36.4 Å². The zero-order valence-electron chi connectivity index (χ0n) is 12.3. The van der Waals surface area contributed by atoms with Gasteiger partial charge in [0.25, 0.3) is 0 Å². The molecule has 2 aromatic heterocycles. The van der Waals surface area contributed by atoms with Crippen LogP contribution in [0.5, 0.6) is 0 Å². The van der Waals surface area contributed by atoms with Crippen molar-refractivity contribution in [3.05, 3.63) is 72.8 Å². The maximum atomic E-state index is 3.83. The summed E-state index contributed by atoms with van der Waals surface area (Å²) >= 11 is 3.83. The lowest BCUT2D eigenvalue weighted by Gasteiger charge is -1.97. The molecule has 0 nitrogen and oxygen atoms in total. The van der Waals surface area contributed by atoms with E-state index in [0.29, 0.717) is 0 Å². The predicted octanol–water partition coefficient (Wildman–Crippen LogP) is 6.73. The van der Waals surface area contributed by atoms with Crippen molar-refractivity contribution in [1.29, 1.82) is 0 Å². The number of hydrogen-bond donors (Lipinski definition) is 0. The summed E-state index contributed by atoms with van der Waals surface area (Å²) in [6.45, 7) is 7.66. The van der Waals surface area contributed by atoms with Crippen LogP contribution < -0.4 is 0 Å². The van der Waals surface area contributed by atoms with E-state index >= 15 is 0 Å². The lowest BCUT2D eigenvalue weighted by Crippen LogP contribution is -1.78. The van der Waals surface area contributed by atoms with E-state index in [9.17, 15) is 0 Å². The zero-order chi connectivity index (χ0) is 15.1. The van der Waals surface area contributed by atoms with E-state index in [-0.39, 0.29) is 0 Å². The van der Waals surface area contributed by atoms with Crippen molar-refractivity contribution in [3.63, 3.8) is 0 Å². The van der Waals surface area contributed by atoms with Crippen molar-refractivity contribution >= 4 is 52.2 Å². The minimum Gasteiger partial charge on any atom is -0.134 e. The fourth-order valence-electron chi connectivity index (χ4n) is 2.93. The first-order chi connectivity index (χ1) is 10.8. The minimum atomic E-state index is 0.938. The van der Waals surface area contributed by atoms with Crippen LogP contribution in [0.4, 0.5) is 0 Å². The first-order valence-electron chi connectivity index (χ1n) is 7.38. The highest BCUT2D eigenvalue weighted by Gasteiger charge is 2.12. The predicted molar refractivity (Wildman–Crippen MR) is 103 cm³/mol. The Bertz CT molecular complexity index is 931. The average Bonchev–Trinajstić information content (AvgIpc) is 3.03. The quantitative estimate of drug-likeness (QED) is 0.366. The Morgan fingerprint density at radius 2 is 1.18 bits per heavy atom. The Kier molecular flexibility index (Phi) is 3.36. The first-order valence-corrected chi connectivity index (χ1v) is 9.02. The van der Waals surface area contributed by atoms with Gasteiger partial charge in [0.1, 0.15) is 0 Å².